The van der Waals surface area contributed by atoms with Gasteiger partial charge in [0.1, 0.15) is 6.61 Å². The van der Waals surface area contributed by atoms with Crippen LogP contribution in [0, 0.1) is 0 Å². The zero-order chi connectivity index (χ0) is 15.2. The molecule has 1 aromatic carbocycles. The van der Waals surface area contributed by atoms with Gasteiger partial charge in [-0.1, -0.05) is 13.0 Å². The van der Waals surface area contributed by atoms with E-state index in [2.05, 4.69) is 16.9 Å². The maximum Gasteiger partial charge on any atom is 0.266 e. The predicted molar refractivity (Wildman–Crippen MR) is 83.7 cm³/mol. The molecule has 2 aromatic rings. The number of hydrogen-bond donors (Lipinski definition) is 1. The van der Waals surface area contributed by atoms with Crippen molar-refractivity contribution in [1.82, 2.24) is 14.6 Å². The number of carbonyl (C=O) groups excluding carboxylic acids is 1. The van der Waals surface area contributed by atoms with Crippen LogP contribution < -0.4 is 9.57 Å². The van der Waals surface area contributed by atoms with Gasteiger partial charge >= 0.3 is 0 Å². The third-order valence-corrected chi connectivity index (χ3v) is 3.97. The number of benzene rings is 1. The standard InChI is InChI=1S/C14H16ClN3O2S/c1-3-21-12-6-4-5-10(14(19)16-15)11(12)9-20-13-7-8-18(2)17-13/h4-8H,3,9H2,1-2H3,(H,16,19). The molecule has 5 nitrogen and oxygen atoms in total. The maximum absolute atomic E-state index is 11.9. The first kappa shape index (κ1) is 15.7. The van der Waals surface area contributed by atoms with Crippen LogP contribution in [0.5, 0.6) is 5.88 Å². The highest BCUT2D eigenvalue weighted by atomic mass is 35.5. The van der Waals surface area contributed by atoms with Crippen LogP contribution in [0.15, 0.2) is 35.4 Å². The summed E-state index contributed by atoms with van der Waals surface area (Å²) in [5.41, 5.74) is 1.33. The predicted octanol–water partition coefficient (Wildman–Crippen LogP) is 2.99. The summed E-state index contributed by atoms with van der Waals surface area (Å²) in [6, 6.07) is 7.31. The van der Waals surface area contributed by atoms with E-state index in [1.807, 2.05) is 19.2 Å². The Balaban J connectivity index is 2.27. The molecule has 0 saturated carbocycles. The molecule has 0 atom stereocenters. The van der Waals surface area contributed by atoms with Crippen LogP contribution in [0.2, 0.25) is 0 Å². The fraction of sp³-hybridized carbons (Fsp3) is 0.286. The number of aromatic nitrogens is 2. The van der Waals surface area contributed by atoms with Crippen LogP contribution in [0.1, 0.15) is 22.8 Å². The Morgan fingerprint density at radius 2 is 2.29 bits per heavy atom. The number of halogens is 1. The molecule has 0 aliphatic carbocycles. The monoisotopic (exact) mass is 325 g/mol. The van der Waals surface area contributed by atoms with E-state index in [1.54, 1.807) is 34.8 Å². The average Bonchev–Trinajstić information content (AvgIpc) is 2.91. The number of ether oxygens (including phenoxy) is 1. The van der Waals surface area contributed by atoms with E-state index in [1.165, 1.54) is 0 Å². The number of nitrogens with one attached hydrogen (secondary N) is 1. The molecular formula is C14H16ClN3O2S. The lowest BCUT2D eigenvalue weighted by molar-refractivity contribution is 0.0979. The molecule has 0 saturated heterocycles. The fourth-order valence-electron chi connectivity index (χ4n) is 1.89. The highest BCUT2D eigenvalue weighted by Crippen LogP contribution is 2.26. The van der Waals surface area contributed by atoms with Crippen LogP contribution in [0.3, 0.4) is 0 Å². The lowest BCUT2D eigenvalue weighted by Gasteiger charge is -2.13. The Morgan fingerprint density at radius 1 is 1.48 bits per heavy atom. The van der Waals surface area contributed by atoms with Gasteiger partial charge in [-0.05, 0) is 17.9 Å². The van der Waals surface area contributed by atoms with Crippen LogP contribution >= 0.6 is 23.5 Å². The molecule has 0 fully saturated rings. The number of hydrogen-bond acceptors (Lipinski definition) is 4. The number of nitrogens with zero attached hydrogens (tertiary/aromatic N) is 2. The van der Waals surface area contributed by atoms with Crippen molar-refractivity contribution >= 4 is 29.4 Å². The van der Waals surface area contributed by atoms with Gasteiger partial charge in [0.2, 0.25) is 5.88 Å². The van der Waals surface area contributed by atoms with Crippen LogP contribution in [0.25, 0.3) is 0 Å². The zero-order valence-electron chi connectivity index (χ0n) is 11.8. The molecule has 1 heterocycles. The van der Waals surface area contributed by atoms with Gasteiger partial charge in [-0.2, -0.15) is 0 Å². The molecule has 7 heteroatoms. The molecule has 1 aromatic heterocycles. The summed E-state index contributed by atoms with van der Waals surface area (Å²) in [5, 5.41) is 4.16. The smallest absolute Gasteiger partial charge is 0.266 e. The minimum atomic E-state index is -0.338. The van der Waals surface area contributed by atoms with Crippen molar-refractivity contribution < 1.29 is 9.53 Å². The second-order valence-electron chi connectivity index (χ2n) is 4.26. The van der Waals surface area contributed by atoms with E-state index in [-0.39, 0.29) is 12.5 Å². The first-order valence-electron chi connectivity index (χ1n) is 6.43. The third kappa shape index (κ3) is 3.92. The Morgan fingerprint density at radius 3 is 2.90 bits per heavy atom. The van der Waals surface area contributed by atoms with Gasteiger partial charge in [-0.25, -0.2) is 0 Å². The summed E-state index contributed by atoms with van der Waals surface area (Å²) < 4.78 is 7.33. The normalized spacial score (nSPS) is 10.4. The van der Waals surface area contributed by atoms with Crippen molar-refractivity contribution in [3.8, 4) is 5.88 Å². The first-order valence-corrected chi connectivity index (χ1v) is 7.80. The molecule has 2 rings (SSSR count). The Kier molecular flexibility index (Phi) is 5.52. The largest absolute Gasteiger partial charge is 0.472 e. The van der Waals surface area contributed by atoms with Gasteiger partial charge in [0, 0.05) is 47.1 Å². The fourth-order valence-corrected chi connectivity index (χ4v) is 2.82. The molecule has 21 heavy (non-hydrogen) atoms. The van der Waals surface area contributed by atoms with E-state index in [9.17, 15) is 4.79 Å². The maximum atomic E-state index is 11.9. The first-order chi connectivity index (χ1) is 10.2. The Bertz CT molecular complexity index is 630. The summed E-state index contributed by atoms with van der Waals surface area (Å²) in [6.07, 6.45) is 1.80. The quantitative estimate of drug-likeness (QED) is 0.655. The molecule has 0 unspecified atom stereocenters. The molecule has 1 N–H and O–H groups in total. The highest BCUT2D eigenvalue weighted by molar-refractivity contribution is 7.99. The number of aryl methyl sites for hydroxylation is 1. The van der Waals surface area contributed by atoms with Crippen molar-refractivity contribution in [3.05, 3.63) is 41.6 Å². The van der Waals surface area contributed by atoms with Gasteiger partial charge in [-0.3, -0.25) is 14.3 Å². The third-order valence-electron chi connectivity index (χ3n) is 2.82. The van der Waals surface area contributed by atoms with Crippen molar-refractivity contribution in [2.24, 2.45) is 7.05 Å². The highest BCUT2D eigenvalue weighted by Gasteiger charge is 2.15. The minimum Gasteiger partial charge on any atom is -0.472 e. The molecule has 0 aliphatic heterocycles. The van der Waals surface area contributed by atoms with Gasteiger partial charge in [0.15, 0.2) is 0 Å². The summed E-state index contributed by atoms with van der Waals surface area (Å²) in [6.45, 7) is 2.32. The summed E-state index contributed by atoms with van der Waals surface area (Å²) in [4.78, 5) is 15.0. The summed E-state index contributed by atoms with van der Waals surface area (Å²) in [5.74, 6) is 1.09. The van der Waals surface area contributed by atoms with E-state index < -0.39 is 0 Å². The van der Waals surface area contributed by atoms with Crippen molar-refractivity contribution in [2.75, 3.05) is 5.75 Å². The van der Waals surface area contributed by atoms with Crippen molar-refractivity contribution in [3.63, 3.8) is 0 Å². The second-order valence-corrected chi connectivity index (χ2v) is 5.75. The van der Waals surface area contributed by atoms with E-state index in [0.29, 0.717) is 11.4 Å². The Hall–Kier alpha value is -1.66. The van der Waals surface area contributed by atoms with Gasteiger partial charge < -0.3 is 4.74 Å². The Labute approximate surface area is 132 Å². The van der Waals surface area contributed by atoms with Gasteiger partial charge in [-0.15, -0.1) is 16.9 Å². The zero-order valence-corrected chi connectivity index (χ0v) is 13.4. The van der Waals surface area contributed by atoms with Gasteiger partial charge in [0.25, 0.3) is 5.91 Å². The molecule has 0 bridgehead atoms. The summed E-state index contributed by atoms with van der Waals surface area (Å²) >= 11 is 7.10. The van der Waals surface area contributed by atoms with Crippen LogP contribution in [0.4, 0.5) is 0 Å². The summed E-state index contributed by atoms with van der Waals surface area (Å²) in [7, 11) is 1.82. The SMILES string of the molecule is CCSc1cccc(C(=O)NCl)c1COc1ccn(C)n1. The van der Waals surface area contributed by atoms with E-state index in [0.717, 1.165) is 16.2 Å². The molecule has 0 radical (unpaired) electrons. The average molecular weight is 326 g/mol. The minimum absolute atomic E-state index is 0.264. The van der Waals surface area contributed by atoms with Gasteiger partial charge in [0.05, 0.1) is 0 Å². The topological polar surface area (TPSA) is 56.1 Å². The molecule has 1 amide bonds. The van der Waals surface area contributed by atoms with E-state index >= 15 is 0 Å². The number of rotatable bonds is 6. The number of thioether (sulfide) groups is 1. The van der Waals surface area contributed by atoms with E-state index in [4.69, 9.17) is 16.5 Å². The van der Waals surface area contributed by atoms with Crippen molar-refractivity contribution in [2.45, 2.75) is 18.4 Å². The molecule has 0 aliphatic rings. The van der Waals surface area contributed by atoms with Crippen LogP contribution in [-0.4, -0.2) is 21.4 Å². The molecule has 0 spiro atoms. The number of amides is 1. The number of carbonyl (C=O) groups is 1. The second kappa shape index (κ2) is 7.38. The lowest BCUT2D eigenvalue weighted by Crippen LogP contribution is -2.16. The van der Waals surface area contributed by atoms with Crippen LogP contribution in [-0.2, 0) is 13.7 Å². The molecule has 112 valence electrons. The molecular weight excluding hydrogens is 310 g/mol. The van der Waals surface area contributed by atoms with Crippen molar-refractivity contribution in [1.29, 1.82) is 0 Å². The lowest BCUT2D eigenvalue weighted by atomic mass is 10.1.